The minimum Gasteiger partial charge on any atom is -0.353 e. The fraction of sp³-hybridized carbons (Fsp3) is 0. The Kier molecular flexibility index (Phi) is 1.64. The summed E-state index contributed by atoms with van der Waals surface area (Å²) in [5, 5.41) is 14.3. The van der Waals surface area contributed by atoms with E-state index in [0.717, 1.165) is 21.2 Å². The van der Waals surface area contributed by atoms with E-state index in [1.54, 1.807) is 10.8 Å². The largest absolute Gasteiger partial charge is 0.353 e. The molecule has 0 saturated carbocycles. The second-order valence-electron chi connectivity index (χ2n) is 3.74. The van der Waals surface area contributed by atoms with E-state index in [2.05, 4.69) is 38.5 Å². The maximum atomic E-state index is 4.42. The molecule has 5 nitrogen and oxygen atoms in total. The Morgan fingerprint density at radius 2 is 2.18 bits per heavy atom. The van der Waals surface area contributed by atoms with E-state index in [-0.39, 0.29) is 0 Å². The normalized spacial score (nSPS) is 11.5. The number of benzene rings is 1. The van der Waals surface area contributed by atoms with Crippen molar-refractivity contribution in [3.8, 4) is 10.7 Å². The van der Waals surface area contributed by atoms with Gasteiger partial charge in [0.1, 0.15) is 6.33 Å². The summed E-state index contributed by atoms with van der Waals surface area (Å²) in [5.41, 5.74) is 2.13. The van der Waals surface area contributed by atoms with E-state index in [1.165, 1.54) is 16.7 Å². The highest BCUT2D eigenvalue weighted by Crippen LogP contribution is 2.27. The maximum Gasteiger partial charge on any atom is 0.234 e. The van der Waals surface area contributed by atoms with E-state index in [1.807, 2.05) is 12.1 Å². The van der Waals surface area contributed by atoms with Gasteiger partial charge in [-0.25, -0.2) is 0 Å². The molecule has 0 fully saturated rings. The number of nitrogens with zero attached hydrogens (tertiary/aromatic N) is 4. The van der Waals surface area contributed by atoms with Gasteiger partial charge in [-0.15, -0.1) is 10.2 Å². The Morgan fingerprint density at radius 3 is 3.06 bits per heavy atom. The van der Waals surface area contributed by atoms with Gasteiger partial charge in [0.15, 0.2) is 5.01 Å². The Bertz CT molecular complexity index is 748. The van der Waals surface area contributed by atoms with Crippen LogP contribution >= 0.6 is 11.3 Å². The quantitative estimate of drug-likeness (QED) is 0.556. The van der Waals surface area contributed by atoms with Gasteiger partial charge in [-0.2, -0.15) is 9.61 Å². The van der Waals surface area contributed by atoms with Crippen LogP contribution in [0.4, 0.5) is 0 Å². The zero-order valence-corrected chi connectivity index (χ0v) is 9.48. The minimum absolute atomic E-state index is 0.804. The van der Waals surface area contributed by atoms with Crippen LogP contribution < -0.4 is 0 Å². The van der Waals surface area contributed by atoms with Crippen molar-refractivity contribution in [2.45, 2.75) is 0 Å². The third-order valence-corrected chi connectivity index (χ3v) is 3.59. The second-order valence-corrected chi connectivity index (χ2v) is 4.69. The molecular weight excluding hydrogens is 234 g/mol. The highest BCUT2D eigenvalue weighted by molar-refractivity contribution is 7.19. The van der Waals surface area contributed by atoms with Crippen molar-refractivity contribution in [3.63, 3.8) is 0 Å². The van der Waals surface area contributed by atoms with Gasteiger partial charge in [0.05, 0.1) is 5.69 Å². The number of rotatable bonds is 1. The Hall–Kier alpha value is -2.21. The lowest BCUT2D eigenvalue weighted by Crippen LogP contribution is -1.81. The first-order valence-corrected chi connectivity index (χ1v) is 5.97. The van der Waals surface area contributed by atoms with E-state index >= 15 is 0 Å². The van der Waals surface area contributed by atoms with Crippen molar-refractivity contribution >= 4 is 27.2 Å². The van der Waals surface area contributed by atoms with Crippen molar-refractivity contribution in [1.29, 1.82) is 0 Å². The van der Waals surface area contributed by atoms with Gasteiger partial charge in [-0.1, -0.05) is 29.5 Å². The van der Waals surface area contributed by atoms with E-state index in [9.17, 15) is 0 Å². The standard InChI is InChI=1S/C11H7N5S/c1-2-4-8-7(3-1)5-9(13-8)10-15-16-6-12-14-11(16)17-10/h1-6,13H. The molecule has 0 spiro atoms. The molecule has 6 heteroatoms. The van der Waals surface area contributed by atoms with Crippen LogP contribution in [0.3, 0.4) is 0 Å². The minimum atomic E-state index is 0.804. The Balaban J connectivity index is 1.95. The average Bonchev–Trinajstić information content (AvgIpc) is 3.01. The number of hydrogen-bond donors (Lipinski definition) is 1. The van der Waals surface area contributed by atoms with Gasteiger partial charge in [0, 0.05) is 10.9 Å². The van der Waals surface area contributed by atoms with Crippen LogP contribution in [0.1, 0.15) is 0 Å². The molecule has 17 heavy (non-hydrogen) atoms. The lowest BCUT2D eigenvalue weighted by molar-refractivity contribution is 0.958. The van der Waals surface area contributed by atoms with Crippen LogP contribution in [0, 0.1) is 0 Å². The van der Waals surface area contributed by atoms with E-state index < -0.39 is 0 Å². The first kappa shape index (κ1) is 8.89. The highest BCUT2D eigenvalue weighted by Gasteiger charge is 2.09. The average molecular weight is 241 g/mol. The molecule has 0 radical (unpaired) electrons. The molecule has 0 unspecified atom stereocenters. The molecule has 0 aliphatic rings. The summed E-state index contributed by atoms with van der Waals surface area (Å²) < 4.78 is 1.69. The first-order chi connectivity index (χ1) is 8.40. The maximum absolute atomic E-state index is 4.42. The number of hydrogen-bond acceptors (Lipinski definition) is 4. The van der Waals surface area contributed by atoms with Crippen LogP contribution in [-0.2, 0) is 0 Å². The predicted molar refractivity (Wildman–Crippen MR) is 66.0 cm³/mol. The summed E-state index contributed by atoms with van der Waals surface area (Å²) in [6.45, 7) is 0. The second kappa shape index (κ2) is 3.14. The molecule has 0 atom stereocenters. The van der Waals surface area contributed by atoms with Crippen molar-refractivity contribution < 1.29 is 0 Å². The summed E-state index contributed by atoms with van der Waals surface area (Å²) in [4.78, 5) is 4.15. The Labute approximate surface area is 99.7 Å². The van der Waals surface area contributed by atoms with Crippen LogP contribution in [0.5, 0.6) is 0 Å². The van der Waals surface area contributed by atoms with E-state index in [0.29, 0.717) is 0 Å². The van der Waals surface area contributed by atoms with Gasteiger partial charge in [-0.3, -0.25) is 0 Å². The van der Waals surface area contributed by atoms with Gasteiger partial charge in [0.25, 0.3) is 0 Å². The van der Waals surface area contributed by atoms with Gasteiger partial charge >= 0.3 is 0 Å². The number of nitrogens with one attached hydrogen (secondary N) is 1. The summed E-state index contributed by atoms with van der Waals surface area (Å²) in [5.74, 6) is 0. The predicted octanol–water partition coefficient (Wildman–Crippen LogP) is 2.33. The molecule has 82 valence electrons. The van der Waals surface area contributed by atoms with E-state index in [4.69, 9.17) is 0 Å². The van der Waals surface area contributed by atoms with Crippen LogP contribution in [-0.4, -0.2) is 24.8 Å². The molecule has 3 aromatic heterocycles. The Morgan fingerprint density at radius 1 is 1.24 bits per heavy atom. The fourth-order valence-corrected chi connectivity index (χ4v) is 2.65. The SMILES string of the molecule is c1ccc2[nH]c(-c3nn4cnnc4s3)cc2c1. The monoisotopic (exact) mass is 241 g/mol. The van der Waals surface area contributed by atoms with Crippen LogP contribution in [0.25, 0.3) is 26.6 Å². The molecule has 0 saturated heterocycles. The highest BCUT2D eigenvalue weighted by atomic mass is 32.1. The number of fused-ring (bicyclic) bond motifs is 2. The molecule has 1 N–H and O–H groups in total. The van der Waals surface area contributed by atoms with Gasteiger partial charge in [0.2, 0.25) is 4.96 Å². The molecule has 0 aliphatic heterocycles. The van der Waals surface area contributed by atoms with Crippen molar-refractivity contribution in [1.82, 2.24) is 24.8 Å². The molecule has 4 rings (SSSR count). The summed E-state index contributed by atoms with van der Waals surface area (Å²) in [6.07, 6.45) is 1.61. The number of aromatic nitrogens is 5. The topological polar surface area (TPSA) is 58.9 Å². The molecular formula is C11H7N5S. The van der Waals surface area contributed by atoms with Crippen LogP contribution in [0.15, 0.2) is 36.7 Å². The molecule has 0 amide bonds. The number of para-hydroxylation sites is 1. The van der Waals surface area contributed by atoms with Gasteiger partial charge in [-0.05, 0) is 12.1 Å². The molecule has 0 bridgehead atoms. The lowest BCUT2D eigenvalue weighted by Gasteiger charge is -1.86. The summed E-state index contributed by atoms with van der Waals surface area (Å²) in [6, 6.07) is 10.3. The fourth-order valence-electron chi connectivity index (χ4n) is 1.86. The van der Waals surface area contributed by atoms with Crippen molar-refractivity contribution in [2.24, 2.45) is 0 Å². The molecule has 0 aliphatic carbocycles. The van der Waals surface area contributed by atoms with Crippen LogP contribution in [0.2, 0.25) is 0 Å². The zero-order chi connectivity index (χ0) is 11.2. The summed E-state index contributed by atoms with van der Waals surface area (Å²) >= 11 is 1.52. The van der Waals surface area contributed by atoms with Crippen molar-refractivity contribution in [3.05, 3.63) is 36.7 Å². The lowest BCUT2D eigenvalue weighted by atomic mass is 10.2. The van der Waals surface area contributed by atoms with Crippen molar-refractivity contribution in [2.75, 3.05) is 0 Å². The zero-order valence-electron chi connectivity index (χ0n) is 8.66. The smallest absolute Gasteiger partial charge is 0.234 e. The van der Waals surface area contributed by atoms with Gasteiger partial charge < -0.3 is 4.98 Å². The summed E-state index contributed by atoms with van der Waals surface area (Å²) in [7, 11) is 0. The third-order valence-electron chi connectivity index (χ3n) is 2.65. The molecule has 4 aromatic rings. The first-order valence-electron chi connectivity index (χ1n) is 5.15. The third kappa shape index (κ3) is 1.27. The number of aromatic amines is 1. The molecule has 1 aromatic carbocycles. The number of H-pyrrole nitrogens is 1. The molecule has 3 heterocycles.